The normalized spacial score (nSPS) is 26.8. The topological polar surface area (TPSA) is 105 Å². The lowest BCUT2D eigenvalue weighted by Gasteiger charge is -2.39. The maximum absolute atomic E-state index is 11.4. The fourth-order valence-corrected chi connectivity index (χ4v) is 3.42. The van der Waals surface area contributed by atoms with Crippen molar-refractivity contribution in [1.29, 1.82) is 0 Å². The Bertz CT molecular complexity index is 477. The quantitative estimate of drug-likeness (QED) is 0.517. The van der Waals surface area contributed by atoms with Gasteiger partial charge < -0.3 is 18.9 Å². The fraction of sp³-hybridized carbons (Fsp3) is 0.714. The summed E-state index contributed by atoms with van der Waals surface area (Å²) in [6, 6.07) is 0. The van der Waals surface area contributed by atoms with Gasteiger partial charge in [0.25, 0.3) is 0 Å². The van der Waals surface area contributed by atoms with Crippen LogP contribution in [-0.4, -0.2) is 59.8 Å². The number of rotatable bonds is 5. The van der Waals surface area contributed by atoms with E-state index in [2.05, 4.69) is 0 Å². The van der Waals surface area contributed by atoms with Crippen LogP contribution in [0.25, 0.3) is 0 Å². The van der Waals surface area contributed by atoms with Crippen molar-refractivity contribution in [2.75, 3.05) is 12.4 Å². The largest absolute Gasteiger partial charge is 0.465 e. The summed E-state index contributed by atoms with van der Waals surface area (Å²) in [6.45, 7) is 4.91. The van der Waals surface area contributed by atoms with Crippen LogP contribution in [0.4, 0.5) is 0 Å². The maximum atomic E-state index is 11.4. The lowest BCUT2D eigenvalue weighted by atomic mass is 10.0. The number of hydrogen-bond acceptors (Lipinski definition) is 9. The first-order chi connectivity index (χ1) is 10.7. The molecule has 1 rings (SSSR count). The summed E-state index contributed by atoms with van der Waals surface area (Å²) in [6.07, 6.45) is -2.60. The Morgan fingerprint density at radius 1 is 0.826 bits per heavy atom. The molecule has 0 aromatic carbocycles. The molecule has 0 bridgehead atoms. The van der Waals surface area contributed by atoms with Crippen molar-refractivity contribution in [2.45, 2.75) is 51.3 Å². The maximum Gasteiger partial charge on any atom is 0.303 e. The molecule has 0 spiro atoms. The first-order valence-electron chi connectivity index (χ1n) is 6.97. The molecule has 1 saturated heterocycles. The van der Waals surface area contributed by atoms with Gasteiger partial charge in [0.2, 0.25) is 0 Å². The molecule has 0 N–H and O–H groups in total. The minimum atomic E-state index is -0.956. The summed E-state index contributed by atoms with van der Waals surface area (Å²) in [4.78, 5) is 44.9. The highest BCUT2D eigenvalue weighted by Gasteiger charge is 2.46. The van der Waals surface area contributed by atoms with E-state index in [9.17, 15) is 19.2 Å². The highest BCUT2D eigenvalue weighted by atomic mass is 32.2. The molecule has 130 valence electrons. The molecule has 4 atom stereocenters. The monoisotopic (exact) mass is 348 g/mol. The van der Waals surface area contributed by atoms with Crippen LogP contribution in [0.1, 0.15) is 27.7 Å². The molecule has 0 amide bonds. The van der Waals surface area contributed by atoms with Crippen molar-refractivity contribution in [3.63, 3.8) is 0 Å². The Balaban J connectivity index is 2.98. The number of ether oxygens (including phenoxy) is 4. The van der Waals surface area contributed by atoms with Crippen LogP contribution in [0, 0.1) is 0 Å². The van der Waals surface area contributed by atoms with Crippen LogP contribution in [0.3, 0.4) is 0 Å². The minimum absolute atomic E-state index is 0.0114. The molecule has 9 heteroatoms. The number of thioether (sulfide) groups is 1. The molecule has 1 heterocycles. The van der Waals surface area contributed by atoms with Gasteiger partial charge >= 0.3 is 23.9 Å². The van der Waals surface area contributed by atoms with Gasteiger partial charge in [0, 0.05) is 33.4 Å². The first kappa shape index (κ1) is 19.3. The molecule has 1 fully saturated rings. The van der Waals surface area contributed by atoms with Crippen molar-refractivity contribution in [3.05, 3.63) is 0 Å². The molecule has 0 unspecified atom stereocenters. The van der Waals surface area contributed by atoms with Crippen LogP contribution < -0.4 is 0 Å². The van der Waals surface area contributed by atoms with Crippen molar-refractivity contribution >= 4 is 35.6 Å². The third-order valence-electron chi connectivity index (χ3n) is 2.90. The van der Waals surface area contributed by atoms with E-state index in [-0.39, 0.29) is 6.61 Å². The summed E-state index contributed by atoms with van der Waals surface area (Å²) < 4.78 is 20.6. The van der Waals surface area contributed by atoms with Crippen LogP contribution >= 0.6 is 11.8 Å². The molecule has 0 aromatic rings. The molecular formula is C14H20O8S. The highest BCUT2D eigenvalue weighted by molar-refractivity contribution is 8.00. The molecule has 0 radical (unpaired) electrons. The second kappa shape index (κ2) is 8.76. The van der Waals surface area contributed by atoms with Crippen molar-refractivity contribution in [1.82, 2.24) is 0 Å². The minimum Gasteiger partial charge on any atom is -0.465 e. The van der Waals surface area contributed by atoms with Gasteiger partial charge in [-0.15, -0.1) is 11.8 Å². The summed E-state index contributed by atoms with van der Waals surface area (Å²) >= 11 is 1.31. The van der Waals surface area contributed by atoms with E-state index in [0.29, 0.717) is 5.75 Å². The Morgan fingerprint density at radius 3 is 1.83 bits per heavy atom. The van der Waals surface area contributed by atoms with E-state index in [1.165, 1.54) is 39.5 Å². The van der Waals surface area contributed by atoms with Gasteiger partial charge in [0.05, 0.1) is 5.25 Å². The van der Waals surface area contributed by atoms with E-state index < -0.39 is 47.4 Å². The van der Waals surface area contributed by atoms with Crippen molar-refractivity contribution in [2.24, 2.45) is 0 Å². The standard InChI is InChI=1S/C14H20O8S/c1-7(15)19-5-12-14(22-10(4)18)13(21-9(3)17)11(6-23-12)20-8(2)16/h11-14H,5-6H2,1-4H3/t11-,12+,13+,14-/m0/s1. The highest BCUT2D eigenvalue weighted by Crippen LogP contribution is 2.32. The molecular weight excluding hydrogens is 328 g/mol. The lowest BCUT2D eigenvalue weighted by Crippen LogP contribution is -2.55. The fourth-order valence-electron chi connectivity index (χ4n) is 2.16. The molecule has 0 aromatic heterocycles. The van der Waals surface area contributed by atoms with Gasteiger partial charge in [-0.25, -0.2) is 0 Å². The smallest absolute Gasteiger partial charge is 0.303 e. The summed E-state index contributed by atoms with van der Waals surface area (Å²) in [7, 11) is 0. The zero-order valence-electron chi connectivity index (χ0n) is 13.4. The number of esters is 4. The Kier molecular flexibility index (Phi) is 7.34. The molecule has 0 aliphatic carbocycles. The molecule has 23 heavy (non-hydrogen) atoms. The Hall–Kier alpha value is -1.77. The number of carbonyl (C=O) groups is 4. The summed E-state index contributed by atoms with van der Waals surface area (Å²) in [5, 5.41) is -0.432. The average Bonchev–Trinajstić information content (AvgIpc) is 2.39. The van der Waals surface area contributed by atoms with Gasteiger partial charge in [-0.2, -0.15) is 0 Å². The number of carbonyl (C=O) groups excluding carboxylic acids is 4. The lowest BCUT2D eigenvalue weighted by molar-refractivity contribution is -0.183. The van der Waals surface area contributed by atoms with E-state index in [1.54, 1.807) is 0 Å². The van der Waals surface area contributed by atoms with Crippen LogP contribution in [0.15, 0.2) is 0 Å². The SMILES string of the molecule is CC(=O)OC[C@H]1SC[C@H](OC(C)=O)[C@@H](OC(C)=O)[C@H]1OC(C)=O. The summed E-state index contributed by atoms with van der Waals surface area (Å²) in [5.41, 5.74) is 0. The third kappa shape index (κ3) is 6.47. The van der Waals surface area contributed by atoms with Gasteiger partial charge in [0.15, 0.2) is 18.3 Å². The van der Waals surface area contributed by atoms with Gasteiger partial charge in [-0.3, -0.25) is 19.2 Å². The molecule has 0 saturated carbocycles. The van der Waals surface area contributed by atoms with E-state index in [0.717, 1.165) is 0 Å². The second-order valence-corrected chi connectivity index (χ2v) is 6.24. The predicted molar refractivity (Wildman–Crippen MR) is 79.5 cm³/mol. The third-order valence-corrected chi connectivity index (χ3v) is 4.26. The van der Waals surface area contributed by atoms with E-state index in [1.807, 2.05) is 0 Å². The average molecular weight is 348 g/mol. The predicted octanol–water partition coefficient (Wildman–Crippen LogP) is 0.460. The van der Waals surface area contributed by atoms with E-state index in [4.69, 9.17) is 18.9 Å². The Morgan fingerprint density at radius 2 is 1.35 bits per heavy atom. The zero-order valence-corrected chi connectivity index (χ0v) is 14.2. The van der Waals surface area contributed by atoms with Crippen molar-refractivity contribution < 1.29 is 38.1 Å². The molecule has 8 nitrogen and oxygen atoms in total. The van der Waals surface area contributed by atoms with Crippen LogP contribution in [0.5, 0.6) is 0 Å². The number of hydrogen-bond donors (Lipinski definition) is 0. The molecule has 1 aliphatic rings. The van der Waals surface area contributed by atoms with Crippen LogP contribution in [0.2, 0.25) is 0 Å². The first-order valence-corrected chi connectivity index (χ1v) is 8.02. The van der Waals surface area contributed by atoms with Gasteiger partial charge in [0.1, 0.15) is 6.61 Å². The van der Waals surface area contributed by atoms with Crippen LogP contribution in [-0.2, 0) is 38.1 Å². The van der Waals surface area contributed by atoms with Gasteiger partial charge in [-0.05, 0) is 0 Å². The second-order valence-electron chi connectivity index (χ2n) is 4.97. The zero-order chi connectivity index (χ0) is 17.6. The molecule has 1 aliphatic heterocycles. The summed E-state index contributed by atoms with van der Waals surface area (Å²) in [5.74, 6) is -1.86. The van der Waals surface area contributed by atoms with Crippen molar-refractivity contribution in [3.8, 4) is 0 Å². The van der Waals surface area contributed by atoms with E-state index >= 15 is 0 Å². The van der Waals surface area contributed by atoms with Gasteiger partial charge in [-0.1, -0.05) is 0 Å². The Labute approximate surface area is 138 Å².